The summed E-state index contributed by atoms with van der Waals surface area (Å²) >= 11 is 0. The number of nitrogens with one attached hydrogen (secondary N) is 1. The Balaban J connectivity index is 1.64. The minimum atomic E-state index is -3.59. The average molecular weight is 428 g/mol. The van der Waals surface area contributed by atoms with Crippen LogP contribution in [0, 0.1) is 24.2 Å². The van der Waals surface area contributed by atoms with Gasteiger partial charge in [-0.1, -0.05) is 6.07 Å². The zero-order valence-corrected chi connectivity index (χ0v) is 18.1. The number of nitriles is 1. The van der Waals surface area contributed by atoms with Gasteiger partial charge in [-0.05, 0) is 49.6 Å². The lowest BCUT2D eigenvalue weighted by molar-refractivity contribution is -0.120. The summed E-state index contributed by atoms with van der Waals surface area (Å²) < 4.78 is 26.1. The van der Waals surface area contributed by atoms with Gasteiger partial charge in [0.05, 0.1) is 10.5 Å². The average Bonchev–Trinajstić information content (AvgIpc) is 2.75. The standard InChI is InChI=1S/C21H25N5O3S/c1-15-4-6-18(12-19(15)30(28,29)25(2)3)24-21(27)17-8-10-26(11-9-17)20-7-5-16(13-22)14-23-20/h4-7,12,14,17H,8-11H2,1-3H3,(H,24,27). The molecule has 1 N–H and O–H groups in total. The van der Waals surface area contributed by atoms with E-state index in [4.69, 9.17) is 5.26 Å². The van der Waals surface area contributed by atoms with Crippen LogP contribution in [0.25, 0.3) is 0 Å². The van der Waals surface area contributed by atoms with Crippen molar-refractivity contribution in [2.45, 2.75) is 24.7 Å². The van der Waals surface area contributed by atoms with Gasteiger partial charge in [-0.25, -0.2) is 17.7 Å². The number of anilines is 2. The second-order valence-electron chi connectivity index (χ2n) is 7.54. The fraction of sp³-hybridized carbons (Fsp3) is 0.381. The lowest BCUT2D eigenvalue weighted by atomic mass is 9.95. The monoisotopic (exact) mass is 427 g/mol. The van der Waals surface area contributed by atoms with Crippen LogP contribution >= 0.6 is 0 Å². The third kappa shape index (κ3) is 4.61. The van der Waals surface area contributed by atoms with Gasteiger partial charge in [0.25, 0.3) is 0 Å². The number of rotatable bonds is 5. The Bertz CT molecular complexity index is 1070. The fourth-order valence-corrected chi connectivity index (χ4v) is 4.55. The molecule has 2 heterocycles. The van der Waals surface area contributed by atoms with Gasteiger partial charge in [-0.2, -0.15) is 5.26 Å². The van der Waals surface area contributed by atoms with Gasteiger partial charge in [0.2, 0.25) is 15.9 Å². The summed E-state index contributed by atoms with van der Waals surface area (Å²) in [6.07, 6.45) is 2.88. The van der Waals surface area contributed by atoms with E-state index in [0.717, 1.165) is 10.1 Å². The maximum absolute atomic E-state index is 12.7. The van der Waals surface area contributed by atoms with Crippen molar-refractivity contribution >= 4 is 27.4 Å². The Kier molecular flexibility index (Phi) is 6.39. The van der Waals surface area contributed by atoms with Crippen molar-refractivity contribution < 1.29 is 13.2 Å². The molecule has 0 bridgehead atoms. The highest BCUT2D eigenvalue weighted by atomic mass is 32.2. The number of benzene rings is 1. The van der Waals surface area contributed by atoms with Crippen LogP contribution in [0.3, 0.4) is 0 Å². The molecule has 1 saturated heterocycles. The first-order chi connectivity index (χ1) is 14.2. The second kappa shape index (κ2) is 8.81. The van der Waals surface area contributed by atoms with Crippen molar-refractivity contribution in [3.63, 3.8) is 0 Å². The lowest BCUT2D eigenvalue weighted by Crippen LogP contribution is -2.38. The summed E-state index contributed by atoms with van der Waals surface area (Å²) in [6.45, 7) is 3.10. The van der Waals surface area contributed by atoms with Crippen molar-refractivity contribution in [1.29, 1.82) is 5.26 Å². The van der Waals surface area contributed by atoms with Gasteiger partial charge in [0.15, 0.2) is 0 Å². The number of nitrogens with zero attached hydrogens (tertiary/aromatic N) is 4. The molecule has 1 fully saturated rings. The molecule has 1 aromatic carbocycles. The molecule has 1 aliphatic heterocycles. The van der Waals surface area contributed by atoms with Crippen LogP contribution in [0.2, 0.25) is 0 Å². The third-order valence-corrected chi connectivity index (χ3v) is 7.24. The highest BCUT2D eigenvalue weighted by Crippen LogP contribution is 2.26. The van der Waals surface area contributed by atoms with E-state index in [1.807, 2.05) is 6.07 Å². The number of pyridine rings is 1. The summed E-state index contributed by atoms with van der Waals surface area (Å²) in [4.78, 5) is 19.3. The van der Waals surface area contributed by atoms with Crippen LogP contribution in [0.15, 0.2) is 41.4 Å². The maximum Gasteiger partial charge on any atom is 0.242 e. The van der Waals surface area contributed by atoms with Gasteiger partial charge in [0, 0.05) is 45.0 Å². The Morgan fingerprint density at radius 1 is 1.23 bits per heavy atom. The van der Waals surface area contributed by atoms with Gasteiger partial charge in [-0.15, -0.1) is 0 Å². The zero-order chi connectivity index (χ0) is 21.9. The maximum atomic E-state index is 12.7. The molecule has 3 rings (SSSR count). The number of amides is 1. The van der Waals surface area contributed by atoms with E-state index in [2.05, 4.69) is 21.3 Å². The number of carbonyl (C=O) groups excluding carboxylic acids is 1. The van der Waals surface area contributed by atoms with Crippen LogP contribution in [0.4, 0.5) is 11.5 Å². The summed E-state index contributed by atoms with van der Waals surface area (Å²) in [5, 5.41) is 11.7. The molecule has 0 saturated carbocycles. The van der Waals surface area contributed by atoms with Crippen LogP contribution in [0.5, 0.6) is 0 Å². The molecular weight excluding hydrogens is 402 g/mol. The molecule has 30 heavy (non-hydrogen) atoms. The van der Waals surface area contributed by atoms with Gasteiger partial charge in [-0.3, -0.25) is 4.79 Å². The first-order valence-corrected chi connectivity index (χ1v) is 11.1. The van der Waals surface area contributed by atoms with Crippen LogP contribution in [0.1, 0.15) is 24.0 Å². The molecule has 0 spiro atoms. The van der Waals surface area contributed by atoms with Crippen molar-refractivity contribution in [3.05, 3.63) is 47.7 Å². The van der Waals surface area contributed by atoms with Crippen molar-refractivity contribution in [3.8, 4) is 6.07 Å². The predicted octanol–water partition coefficient (Wildman–Crippen LogP) is 2.37. The number of aromatic nitrogens is 1. The number of piperidine rings is 1. The quantitative estimate of drug-likeness (QED) is 0.785. The lowest BCUT2D eigenvalue weighted by Gasteiger charge is -2.32. The number of hydrogen-bond acceptors (Lipinski definition) is 6. The summed E-state index contributed by atoms with van der Waals surface area (Å²) in [6, 6.07) is 10.5. The Hall–Kier alpha value is -2.96. The largest absolute Gasteiger partial charge is 0.357 e. The molecule has 1 aromatic heterocycles. The topological polar surface area (TPSA) is 106 Å². The van der Waals surface area contributed by atoms with E-state index in [1.54, 1.807) is 31.3 Å². The molecule has 0 radical (unpaired) electrons. The van der Waals surface area contributed by atoms with Gasteiger partial charge < -0.3 is 10.2 Å². The molecule has 158 valence electrons. The summed E-state index contributed by atoms with van der Waals surface area (Å²) in [7, 11) is -0.620. The smallest absolute Gasteiger partial charge is 0.242 e. The first-order valence-electron chi connectivity index (χ1n) is 9.67. The van der Waals surface area contributed by atoms with Gasteiger partial charge >= 0.3 is 0 Å². The summed E-state index contributed by atoms with van der Waals surface area (Å²) in [5.74, 6) is 0.527. The molecule has 8 nitrogen and oxygen atoms in total. The van der Waals surface area contributed by atoms with Crippen LogP contribution < -0.4 is 10.2 Å². The third-order valence-electron chi connectivity index (χ3n) is 5.28. The fourth-order valence-electron chi connectivity index (χ4n) is 3.41. The van der Waals surface area contributed by atoms with E-state index >= 15 is 0 Å². The normalized spacial score (nSPS) is 15.1. The van der Waals surface area contributed by atoms with E-state index < -0.39 is 10.0 Å². The summed E-state index contributed by atoms with van der Waals surface area (Å²) in [5.41, 5.74) is 1.62. The van der Waals surface area contributed by atoms with E-state index in [0.29, 0.717) is 42.7 Å². The number of sulfonamides is 1. The highest BCUT2D eigenvalue weighted by molar-refractivity contribution is 7.89. The highest BCUT2D eigenvalue weighted by Gasteiger charge is 2.26. The zero-order valence-electron chi connectivity index (χ0n) is 17.3. The molecule has 0 aliphatic carbocycles. The van der Waals surface area contributed by atoms with Crippen molar-refractivity contribution in [2.75, 3.05) is 37.4 Å². The van der Waals surface area contributed by atoms with Crippen molar-refractivity contribution in [2.24, 2.45) is 5.92 Å². The SMILES string of the molecule is Cc1ccc(NC(=O)C2CCN(c3ccc(C#N)cn3)CC2)cc1S(=O)(=O)N(C)C. The van der Waals surface area contributed by atoms with E-state index in [-0.39, 0.29) is 16.7 Å². The van der Waals surface area contributed by atoms with E-state index in [9.17, 15) is 13.2 Å². The Labute approximate surface area is 177 Å². The second-order valence-corrected chi connectivity index (χ2v) is 9.66. The Morgan fingerprint density at radius 3 is 2.50 bits per heavy atom. The van der Waals surface area contributed by atoms with Crippen molar-refractivity contribution in [1.82, 2.24) is 9.29 Å². The molecule has 0 atom stereocenters. The molecule has 1 amide bonds. The van der Waals surface area contributed by atoms with Gasteiger partial charge in [0.1, 0.15) is 11.9 Å². The first kappa shape index (κ1) is 21.7. The molecule has 9 heteroatoms. The Morgan fingerprint density at radius 2 is 1.93 bits per heavy atom. The number of aryl methyl sites for hydroxylation is 1. The molecular formula is C21H25N5O3S. The minimum absolute atomic E-state index is 0.112. The molecule has 0 unspecified atom stereocenters. The van der Waals surface area contributed by atoms with E-state index in [1.165, 1.54) is 20.2 Å². The number of hydrogen-bond donors (Lipinski definition) is 1. The predicted molar refractivity (Wildman–Crippen MR) is 115 cm³/mol. The van der Waals surface area contributed by atoms with Crippen LogP contribution in [-0.2, 0) is 14.8 Å². The van der Waals surface area contributed by atoms with Crippen LogP contribution in [-0.4, -0.2) is 50.8 Å². The molecule has 1 aliphatic rings. The molecule has 2 aromatic rings. The number of carbonyl (C=O) groups is 1. The minimum Gasteiger partial charge on any atom is -0.357 e.